The van der Waals surface area contributed by atoms with Crippen molar-refractivity contribution in [2.45, 2.75) is 68.5 Å². The first-order valence-corrected chi connectivity index (χ1v) is 19.4. The lowest BCUT2D eigenvalue weighted by Crippen LogP contribution is -2.24. The molecule has 0 bridgehead atoms. The lowest BCUT2D eigenvalue weighted by molar-refractivity contribution is 0.0941. The van der Waals surface area contributed by atoms with Crippen LogP contribution in [0.3, 0.4) is 0 Å². The van der Waals surface area contributed by atoms with Crippen molar-refractivity contribution in [3.8, 4) is 11.5 Å². The van der Waals surface area contributed by atoms with Gasteiger partial charge in [0.05, 0.1) is 39.6 Å². The standard InChI is InChI=1S/2C20H20N6O.2C2H6.4H2/c1-12-15-8-14(9-23-20(27)16-10-21-11-24-13(16)2)4-5-17(15)25-18(12)19-22-6-7-26(19)3;1-12-15-7-14(8-23-20(27)16-9-22-11-24-13(16)2)3-4-17(15)26-19(12)18-5-6-21-10-25-18;2*1-2;;;;/h4-8,10-11,25H,9H2,1-3H3,(H,23,27);3-7,9,11,25-26H,8,10H2,1-2H3,(H,23,27);2*1-2H3;4*1H. The molecule has 0 saturated heterocycles. The molecular weight excluding hydrogens is 729 g/mol. The van der Waals surface area contributed by atoms with E-state index in [1.165, 1.54) is 30.6 Å². The quantitative estimate of drug-likeness (QED) is 0.102. The van der Waals surface area contributed by atoms with Crippen LogP contribution in [0.4, 0.5) is 0 Å². The summed E-state index contributed by atoms with van der Waals surface area (Å²) in [5, 5.41) is 11.4. The normalized spacial score (nSPS) is 11.6. The van der Waals surface area contributed by atoms with Gasteiger partial charge in [-0.05, 0) is 80.3 Å². The number of fused-ring (bicyclic) bond motifs is 2. The third-order valence-corrected chi connectivity index (χ3v) is 9.49. The predicted octanol–water partition coefficient (Wildman–Crippen LogP) is 8.42. The van der Waals surface area contributed by atoms with Gasteiger partial charge in [-0.2, -0.15) is 0 Å². The summed E-state index contributed by atoms with van der Waals surface area (Å²) in [4.78, 5) is 56.2. The van der Waals surface area contributed by atoms with Crippen molar-refractivity contribution in [1.29, 1.82) is 0 Å². The second-order valence-electron chi connectivity index (χ2n) is 13.0. The second-order valence-corrected chi connectivity index (χ2v) is 13.0. The molecule has 0 atom stereocenters. The van der Waals surface area contributed by atoms with Crippen LogP contribution >= 0.6 is 0 Å². The topological polar surface area (TPSA) is 184 Å². The molecule has 1 aliphatic rings. The van der Waals surface area contributed by atoms with Gasteiger partial charge < -0.3 is 30.5 Å². The molecule has 0 fully saturated rings. The van der Waals surface area contributed by atoms with E-state index in [0.717, 1.165) is 61.4 Å². The van der Waals surface area contributed by atoms with Crippen molar-refractivity contribution < 1.29 is 15.3 Å². The minimum absolute atomic E-state index is 0. The zero-order chi connectivity index (χ0) is 41.8. The van der Waals surface area contributed by atoms with Gasteiger partial charge in [0.2, 0.25) is 0 Å². The Morgan fingerprint density at radius 1 is 0.741 bits per heavy atom. The SMILES string of the molecule is CC.CC.Cc1ncncc1C(=O)NCc1ccc2[nH]c(-c3nccn3C)c(C)c2c1.Cc1ncncc1C(=O)NCc1ccc2[nH]c(C3=CC=NCN3)c(C)c2c1.[HH].[HH].[HH].[HH]. The Morgan fingerprint density at radius 3 is 1.72 bits per heavy atom. The van der Waals surface area contributed by atoms with Crippen molar-refractivity contribution in [2.75, 3.05) is 6.67 Å². The van der Waals surface area contributed by atoms with Crippen LogP contribution in [0.1, 0.15) is 93.5 Å². The fourth-order valence-corrected chi connectivity index (χ4v) is 6.39. The highest BCUT2D eigenvalue weighted by Gasteiger charge is 2.16. The maximum Gasteiger partial charge on any atom is 0.254 e. The number of aliphatic imine (C=N–C) groups is 1. The van der Waals surface area contributed by atoms with Gasteiger partial charge in [-0.1, -0.05) is 39.8 Å². The van der Waals surface area contributed by atoms with Crippen LogP contribution < -0.4 is 16.0 Å². The van der Waals surface area contributed by atoms with Crippen LogP contribution in [0.5, 0.6) is 0 Å². The number of carbonyl (C=O) groups excluding carboxylic acids is 2. The number of carbonyl (C=O) groups is 2. The van der Waals surface area contributed by atoms with Crippen molar-refractivity contribution >= 4 is 45.5 Å². The van der Waals surface area contributed by atoms with E-state index < -0.39 is 0 Å². The number of aromatic nitrogens is 8. The molecule has 0 saturated carbocycles. The molecule has 2 amide bonds. The number of nitrogens with one attached hydrogen (secondary N) is 5. The second kappa shape index (κ2) is 19.8. The fourth-order valence-electron chi connectivity index (χ4n) is 6.39. The van der Waals surface area contributed by atoms with E-state index in [1.807, 2.05) is 82.1 Å². The van der Waals surface area contributed by atoms with Crippen LogP contribution in [0, 0.1) is 27.7 Å². The Kier molecular flexibility index (Phi) is 14.4. The molecule has 308 valence electrons. The van der Waals surface area contributed by atoms with Gasteiger partial charge in [0.1, 0.15) is 19.3 Å². The number of hydrogen-bond acceptors (Lipinski definition) is 9. The van der Waals surface area contributed by atoms with E-state index in [1.54, 1.807) is 20.0 Å². The highest BCUT2D eigenvalue weighted by atomic mass is 16.2. The highest BCUT2D eigenvalue weighted by molar-refractivity contribution is 5.96. The Bertz CT molecular complexity index is 2600. The van der Waals surface area contributed by atoms with Crippen molar-refractivity contribution in [3.05, 3.63) is 130 Å². The van der Waals surface area contributed by atoms with Crippen LogP contribution in [-0.4, -0.2) is 64.2 Å². The van der Waals surface area contributed by atoms with E-state index in [-0.39, 0.29) is 17.5 Å². The molecule has 0 radical (unpaired) electrons. The molecule has 0 spiro atoms. The zero-order valence-corrected chi connectivity index (χ0v) is 34.7. The van der Waals surface area contributed by atoms with Crippen LogP contribution in [0.25, 0.3) is 39.0 Å². The summed E-state index contributed by atoms with van der Waals surface area (Å²) in [6, 6.07) is 12.3. The summed E-state index contributed by atoms with van der Waals surface area (Å²) in [7, 11) is 1.98. The first-order valence-electron chi connectivity index (χ1n) is 19.4. The minimum Gasteiger partial charge on any atom is -0.365 e. The van der Waals surface area contributed by atoms with E-state index in [0.29, 0.717) is 42.3 Å². The number of H-pyrrole nitrogens is 2. The van der Waals surface area contributed by atoms with Crippen LogP contribution in [-0.2, 0) is 20.1 Å². The van der Waals surface area contributed by atoms with Gasteiger partial charge >= 0.3 is 0 Å². The number of allylic oxidation sites excluding steroid dienone is 1. The lowest BCUT2D eigenvalue weighted by atomic mass is 10.1. The average molecular weight is 789 g/mol. The molecule has 8 rings (SSSR count). The largest absolute Gasteiger partial charge is 0.365 e. The third kappa shape index (κ3) is 9.52. The van der Waals surface area contributed by atoms with Crippen LogP contribution in [0.2, 0.25) is 0 Å². The Labute approximate surface area is 344 Å². The Balaban J connectivity index is 0.000000542. The monoisotopic (exact) mass is 788 g/mol. The number of hydrogen-bond donors (Lipinski definition) is 5. The highest BCUT2D eigenvalue weighted by Crippen LogP contribution is 2.30. The molecule has 58 heavy (non-hydrogen) atoms. The predicted molar refractivity (Wildman–Crippen MR) is 240 cm³/mol. The number of aromatic amines is 2. The van der Waals surface area contributed by atoms with Gasteiger partial charge in [0, 0.05) is 78.7 Å². The van der Waals surface area contributed by atoms with Crippen molar-refractivity contribution in [2.24, 2.45) is 12.0 Å². The number of rotatable bonds is 8. The maximum atomic E-state index is 12.4. The molecule has 14 heteroatoms. The van der Waals surface area contributed by atoms with Gasteiger partial charge in [0.25, 0.3) is 11.8 Å². The fraction of sp³-hybridized carbons (Fsp3) is 0.273. The molecule has 1 aliphatic heterocycles. The molecule has 0 aliphatic carbocycles. The molecule has 5 N–H and O–H groups in total. The minimum atomic E-state index is -0.173. The summed E-state index contributed by atoms with van der Waals surface area (Å²) in [6.07, 6.45) is 13.4. The molecule has 5 aromatic heterocycles. The van der Waals surface area contributed by atoms with Gasteiger partial charge in [-0.25, -0.2) is 24.9 Å². The molecule has 14 nitrogen and oxygen atoms in total. The van der Waals surface area contributed by atoms with E-state index in [2.05, 4.69) is 81.8 Å². The van der Waals surface area contributed by atoms with Crippen molar-refractivity contribution in [3.63, 3.8) is 0 Å². The Hall–Kier alpha value is -6.96. The van der Waals surface area contributed by atoms with E-state index in [4.69, 9.17) is 0 Å². The average Bonchev–Trinajstić information content (AvgIpc) is 3.94. The summed E-state index contributed by atoms with van der Waals surface area (Å²) in [6.45, 7) is 17.2. The summed E-state index contributed by atoms with van der Waals surface area (Å²) >= 11 is 0. The number of amides is 2. The first-order chi connectivity index (χ1) is 28.2. The number of benzene rings is 2. The van der Waals surface area contributed by atoms with E-state index >= 15 is 0 Å². The van der Waals surface area contributed by atoms with Crippen molar-refractivity contribution in [1.82, 2.24) is 55.4 Å². The van der Waals surface area contributed by atoms with Gasteiger partial charge in [0.15, 0.2) is 5.82 Å². The van der Waals surface area contributed by atoms with Crippen LogP contribution in [0.15, 0.2) is 84.9 Å². The van der Waals surface area contributed by atoms with E-state index in [9.17, 15) is 9.59 Å². The lowest BCUT2D eigenvalue weighted by Gasteiger charge is -2.11. The molecular formula is C44H60N12O2. The molecule has 0 unspecified atom stereocenters. The smallest absolute Gasteiger partial charge is 0.254 e. The molecule has 2 aromatic carbocycles. The molecule has 6 heterocycles. The summed E-state index contributed by atoms with van der Waals surface area (Å²) < 4.78 is 1.99. The number of nitrogens with zero attached hydrogens (tertiary/aromatic N) is 7. The summed E-state index contributed by atoms with van der Waals surface area (Å²) in [5.41, 5.74) is 11.9. The zero-order valence-electron chi connectivity index (χ0n) is 34.7. The Morgan fingerprint density at radius 2 is 1.26 bits per heavy atom. The molecule has 7 aromatic rings. The third-order valence-electron chi connectivity index (χ3n) is 9.49. The number of aryl methyl sites for hydroxylation is 5. The summed E-state index contributed by atoms with van der Waals surface area (Å²) in [5.74, 6) is 0.557. The van der Waals surface area contributed by atoms with Gasteiger partial charge in [-0.3, -0.25) is 14.6 Å². The number of imidazole rings is 1. The maximum absolute atomic E-state index is 12.4. The van der Waals surface area contributed by atoms with Gasteiger partial charge in [-0.15, -0.1) is 0 Å². The first kappa shape index (κ1) is 42.2.